The van der Waals surface area contributed by atoms with Gasteiger partial charge in [-0.2, -0.15) is 4.98 Å². The summed E-state index contributed by atoms with van der Waals surface area (Å²) < 4.78 is 11.2. The van der Waals surface area contributed by atoms with Crippen molar-refractivity contribution in [2.75, 3.05) is 44.0 Å². The third kappa shape index (κ3) is 4.00. The predicted octanol–water partition coefficient (Wildman–Crippen LogP) is 2.32. The lowest BCUT2D eigenvalue weighted by atomic mass is 10.00. The summed E-state index contributed by atoms with van der Waals surface area (Å²) in [6, 6.07) is 3.86. The number of anilines is 2. The Labute approximate surface area is 126 Å². The van der Waals surface area contributed by atoms with Crippen molar-refractivity contribution >= 4 is 11.5 Å². The molecule has 1 saturated heterocycles. The van der Waals surface area contributed by atoms with Crippen LogP contribution in [0, 0.1) is 11.8 Å². The average molecular weight is 291 g/mol. The molecule has 0 bridgehead atoms. The predicted molar refractivity (Wildman–Crippen MR) is 83.7 cm³/mol. The summed E-state index contributed by atoms with van der Waals surface area (Å²) in [7, 11) is 2.08. The quantitative estimate of drug-likeness (QED) is 0.871. The molecule has 116 valence electrons. The minimum atomic E-state index is 0.582. The molecule has 5 heteroatoms. The molecule has 2 fully saturated rings. The van der Waals surface area contributed by atoms with Crippen molar-refractivity contribution in [1.29, 1.82) is 0 Å². The van der Waals surface area contributed by atoms with Crippen molar-refractivity contribution in [3.8, 4) is 5.88 Å². The summed E-state index contributed by atoms with van der Waals surface area (Å²) in [5.74, 6) is 2.90. The van der Waals surface area contributed by atoms with E-state index in [4.69, 9.17) is 15.2 Å². The number of hydrogen-bond donors (Lipinski definition) is 1. The molecule has 21 heavy (non-hydrogen) atoms. The molecule has 1 aromatic heterocycles. The summed E-state index contributed by atoms with van der Waals surface area (Å²) in [5, 5.41) is 0. The fourth-order valence-electron chi connectivity index (χ4n) is 2.66. The Morgan fingerprint density at radius 1 is 1.24 bits per heavy atom. The van der Waals surface area contributed by atoms with E-state index in [0.717, 1.165) is 45.0 Å². The highest BCUT2D eigenvalue weighted by atomic mass is 16.5. The third-order valence-corrected chi connectivity index (χ3v) is 4.29. The van der Waals surface area contributed by atoms with Crippen molar-refractivity contribution in [1.82, 2.24) is 4.98 Å². The van der Waals surface area contributed by atoms with Gasteiger partial charge < -0.3 is 20.1 Å². The van der Waals surface area contributed by atoms with Gasteiger partial charge >= 0.3 is 0 Å². The monoisotopic (exact) mass is 291 g/mol. The number of nitrogen functional groups attached to an aromatic ring is 1. The zero-order valence-electron chi connectivity index (χ0n) is 12.8. The number of nitrogens with two attached hydrogens (primary N) is 1. The second-order valence-corrected chi connectivity index (χ2v) is 6.25. The van der Waals surface area contributed by atoms with Gasteiger partial charge in [0.1, 0.15) is 5.82 Å². The van der Waals surface area contributed by atoms with Crippen LogP contribution in [0.4, 0.5) is 11.5 Å². The molecule has 0 aromatic carbocycles. The summed E-state index contributed by atoms with van der Waals surface area (Å²) in [4.78, 5) is 6.78. The SMILES string of the molecule is CN(CC1CCOCC1)c1ccc(N)c(OCC2CC2)n1. The van der Waals surface area contributed by atoms with Crippen LogP contribution < -0.4 is 15.4 Å². The van der Waals surface area contributed by atoms with E-state index < -0.39 is 0 Å². The number of ether oxygens (including phenoxy) is 2. The fraction of sp³-hybridized carbons (Fsp3) is 0.688. The molecule has 0 radical (unpaired) electrons. The highest BCUT2D eigenvalue weighted by Gasteiger charge is 2.23. The van der Waals surface area contributed by atoms with E-state index in [2.05, 4.69) is 16.9 Å². The van der Waals surface area contributed by atoms with Gasteiger partial charge in [-0.15, -0.1) is 0 Å². The Morgan fingerprint density at radius 3 is 2.71 bits per heavy atom. The van der Waals surface area contributed by atoms with Gasteiger partial charge in [0.25, 0.3) is 0 Å². The van der Waals surface area contributed by atoms with E-state index in [1.165, 1.54) is 12.8 Å². The molecule has 3 rings (SSSR count). The van der Waals surface area contributed by atoms with E-state index in [0.29, 0.717) is 23.4 Å². The maximum absolute atomic E-state index is 5.96. The molecular formula is C16H25N3O2. The van der Waals surface area contributed by atoms with Gasteiger partial charge in [-0.05, 0) is 49.7 Å². The van der Waals surface area contributed by atoms with E-state index in [1.807, 2.05) is 12.1 Å². The number of pyridine rings is 1. The minimum absolute atomic E-state index is 0.582. The first-order valence-electron chi connectivity index (χ1n) is 7.90. The van der Waals surface area contributed by atoms with Crippen LogP contribution in [0.25, 0.3) is 0 Å². The molecule has 2 N–H and O–H groups in total. The second kappa shape index (κ2) is 6.52. The average Bonchev–Trinajstić information content (AvgIpc) is 3.31. The molecule has 2 heterocycles. The summed E-state index contributed by atoms with van der Waals surface area (Å²) in [6.07, 6.45) is 4.79. The van der Waals surface area contributed by atoms with Gasteiger partial charge in [0.05, 0.1) is 12.3 Å². The zero-order chi connectivity index (χ0) is 14.7. The Balaban J connectivity index is 1.61. The lowest BCUT2D eigenvalue weighted by Gasteiger charge is -2.28. The Morgan fingerprint density at radius 2 is 2.00 bits per heavy atom. The lowest BCUT2D eigenvalue weighted by molar-refractivity contribution is 0.0685. The van der Waals surface area contributed by atoms with E-state index in [9.17, 15) is 0 Å². The molecule has 0 unspecified atom stereocenters. The maximum Gasteiger partial charge on any atom is 0.239 e. The third-order valence-electron chi connectivity index (χ3n) is 4.29. The largest absolute Gasteiger partial charge is 0.476 e. The van der Waals surface area contributed by atoms with E-state index in [-0.39, 0.29) is 0 Å². The normalized spacial score (nSPS) is 19.5. The van der Waals surface area contributed by atoms with Gasteiger partial charge in [0.15, 0.2) is 0 Å². The minimum Gasteiger partial charge on any atom is -0.476 e. The van der Waals surface area contributed by atoms with Crippen LogP contribution in [0.3, 0.4) is 0 Å². The van der Waals surface area contributed by atoms with Crippen LogP contribution in [0.2, 0.25) is 0 Å². The van der Waals surface area contributed by atoms with Crippen LogP contribution in [0.1, 0.15) is 25.7 Å². The van der Waals surface area contributed by atoms with Crippen molar-refractivity contribution < 1.29 is 9.47 Å². The van der Waals surface area contributed by atoms with Crippen molar-refractivity contribution in [2.24, 2.45) is 11.8 Å². The number of rotatable bonds is 6. The van der Waals surface area contributed by atoms with E-state index >= 15 is 0 Å². The van der Waals surface area contributed by atoms with Gasteiger partial charge in [0, 0.05) is 26.8 Å². The van der Waals surface area contributed by atoms with Crippen molar-refractivity contribution in [3.05, 3.63) is 12.1 Å². The molecule has 1 aliphatic carbocycles. The van der Waals surface area contributed by atoms with E-state index in [1.54, 1.807) is 0 Å². The first-order chi connectivity index (χ1) is 10.2. The van der Waals surface area contributed by atoms with Crippen molar-refractivity contribution in [2.45, 2.75) is 25.7 Å². The fourth-order valence-corrected chi connectivity index (χ4v) is 2.66. The van der Waals surface area contributed by atoms with Gasteiger partial charge in [-0.3, -0.25) is 0 Å². The number of aromatic nitrogens is 1. The van der Waals surface area contributed by atoms with Gasteiger partial charge in [0.2, 0.25) is 5.88 Å². The van der Waals surface area contributed by atoms with Crippen LogP contribution >= 0.6 is 0 Å². The topological polar surface area (TPSA) is 60.6 Å². The maximum atomic E-state index is 5.96. The number of nitrogens with zero attached hydrogens (tertiary/aromatic N) is 2. The Kier molecular flexibility index (Phi) is 4.48. The highest BCUT2D eigenvalue weighted by molar-refractivity contribution is 5.54. The van der Waals surface area contributed by atoms with Crippen LogP contribution in [0.5, 0.6) is 5.88 Å². The summed E-state index contributed by atoms with van der Waals surface area (Å²) in [6.45, 7) is 3.50. The molecule has 5 nitrogen and oxygen atoms in total. The first-order valence-corrected chi connectivity index (χ1v) is 7.90. The molecule has 0 spiro atoms. The standard InChI is InChI=1S/C16H25N3O2/c1-19(10-12-6-8-20-9-7-12)15-5-4-14(17)16(18-15)21-11-13-2-3-13/h4-5,12-13H,2-3,6-11,17H2,1H3. The molecule has 2 aliphatic rings. The van der Waals surface area contributed by atoms with Gasteiger partial charge in [-0.25, -0.2) is 0 Å². The first kappa shape index (κ1) is 14.4. The molecule has 0 amide bonds. The Bertz CT molecular complexity index is 471. The molecule has 1 saturated carbocycles. The lowest BCUT2D eigenvalue weighted by Crippen LogP contribution is -2.30. The Hall–Kier alpha value is -1.49. The summed E-state index contributed by atoms with van der Waals surface area (Å²) in [5.41, 5.74) is 6.58. The van der Waals surface area contributed by atoms with Crippen molar-refractivity contribution in [3.63, 3.8) is 0 Å². The number of hydrogen-bond acceptors (Lipinski definition) is 5. The molecular weight excluding hydrogens is 266 g/mol. The second-order valence-electron chi connectivity index (χ2n) is 6.25. The summed E-state index contributed by atoms with van der Waals surface area (Å²) >= 11 is 0. The molecule has 1 aromatic rings. The zero-order valence-corrected chi connectivity index (χ0v) is 12.8. The molecule has 0 atom stereocenters. The van der Waals surface area contributed by atoms with Crippen LogP contribution in [0.15, 0.2) is 12.1 Å². The van der Waals surface area contributed by atoms with Crippen LogP contribution in [-0.4, -0.2) is 38.4 Å². The molecule has 1 aliphatic heterocycles. The van der Waals surface area contributed by atoms with Gasteiger partial charge in [-0.1, -0.05) is 0 Å². The smallest absolute Gasteiger partial charge is 0.239 e. The highest BCUT2D eigenvalue weighted by Crippen LogP contribution is 2.31. The van der Waals surface area contributed by atoms with Crippen LogP contribution in [-0.2, 0) is 4.74 Å².